The predicted octanol–water partition coefficient (Wildman–Crippen LogP) is 2.24. The molecule has 0 saturated heterocycles. The lowest BCUT2D eigenvalue weighted by molar-refractivity contribution is 0.498. The van der Waals surface area contributed by atoms with Crippen LogP contribution < -0.4 is 11.1 Å². The minimum atomic E-state index is -1.27. The fourth-order valence-electron chi connectivity index (χ4n) is 1.06. The summed E-state index contributed by atoms with van der Waals surface area (Å²) < 4.78 is 38.7. The molecule has 0 heterocycles. The second-order valence-corrected chi connectivity index (χ2v) is 3.14. The van der Waals surface area contributed by atoms with Crippen LogP contribution in [0.1, 0.15) is 13.3 Å². The number of hydrogen-bond donors (Lipinski definition) is 2. The molecule has 0 radical (unpaired) electrons. The third kappa shape index (κ3) is 3.15. The molecule has 0 atom stereocenters. The number of nitrogens with one attached hydrogen (secondary N) is 1. The van der Waals surface area contributed by atoms with Gasteiger partial charge >= 0.3 is 0 Å². The second kappa shape index (κ2) is 5.39. The first-order valence-corrected chi connectivity index (χ1v) is 4.76. The molecule has 88 valence electrons. The molecule has 0 spiro atoms. The van der Waals surface area contributed by atoms with E-state index in [1.807, 2.05) is 6.92 Å². The van der Waals surface area contributed by atoms with Crippen molar-refractivity contribution in [1.29, 1.82) is 0 Å². The Morgan fingerprint density at radius 1 is 1.38 bits per heavy atom. The van der Waals surface area contributed by atoms with Crippen molar-refractivity contribution in [1.82, 2.24) is 0 Å². The normalized spacial score (nSPS) is 11.6. The van der Waals surface area contributed by atoms with Gasteiger partial charge in [0, 0.05) is 18.7 Å². The van der Waals surface area contributed by atoms with Gasteiger partial charge in [0.15, 0.2) is 17.6 Å². The highest BCUT2D eigenvalue weighted by molar-refractivity contribution is 5.92. The van der Waals surface area contributed by atoms with Crippen molar-refractivity contribution < 1.29 is 13.2 Å². The van der Waals surface area contributed by atoms with Crippen molar-refractivity contribution in [2.75, 3.05) is 11.9 Å². The van der Waals surface area contributed by atoms with Gasteiger partial charge in [-0.2, -0.15) is 0 Å². The predicted molar refractivity (Wildman–Crippen MR) is 56.7 cm³/mol. The number of guanidine groups is 1. The van der Waals surface area contributed by atoms with Gasteiger partial charge in [0.25, 0.3) is 0 Å². The van der Waals surface area contributed by atoms with Gasteiger partial charge in [0.05, 0.1) is 5.69 Å². The van der Waals surface area contributed by atoms with E-state index in [4.69, 9.17) is 5.73 Å². The molecule has 16 heavy (non-hydrogen) atoms. The second-order valence-electron chi connectivity index (χ2n) is 3.14. The van der Waals surface area contributed by atoms with E-state index in [1.54, 1.807) is 0 Å². The van der Waals surface area contributed by atoms with Crippen LogP contribution in [0.3, 0.4) is 0 Å². The Morgan fingerprint density at radius 2 is 2.06 bits per heavy atom. The molecule has 0 fully saturated rings. The molecule has 0 aromatic heterocycles. The lowest BCUT2D eigenvalue weighted by atomic mass is 10.3. The fraction of sp³-hybridized carbons (Fsp3) is 0.300. The van der Waals surface area contributed by atoms with E-state index in [0.717, 1.165) is 12.5 Å². The zero-order chi connectivity index (χ0) is 12.1. The first-order valence-electron chi connectivity index (χ1n) is 4.76. The molecule has 3 N–H and O–H groups in total. The van der Waals surface area contributed by atoms with Crippen LogP contribution in [0.15, 0.2) is 17.1 Å². The average Bonchev–Trinajstić information content (AvgIpc) is 2.22. The van der Waals surface area contributed by atoms with Crippen molar-refractivity contribution >= 4 is 11.6 Å². The van der Waals surface area contributed by atoms with E-state index in [0.29, 0.717) is 12.6 Å². The monoisotopic (exact) mass is 231 g/mol. The van der Waals surface area contributed by atoms with E-state index in [9.17, 15) is 13.2 Å². The van der Waals surface area contributed by atoms with Gasteiger partial charge in [-0.25, -0.2) is 13.2 Å². The fourth-order valence-corrected chi connectivity index (χ4v) is 1.06. The summed E-state index contributed by atoms with van der Waals surface area (Å²) in [6, 6.07) is 1.27. The number of benzene rings is 1. The van der Waals surface area contributed by atoms with Crippen LogP contribution in [-0.4, -0.2) is 12.5 Å². The minimum Gasteiger partial charge on any atom is -0.370 e. The summed E-state index contributed by atoms with van der Waals surface area (Å²) in [6.07, 6.45) is 0.766. The Bertz CT molecular complexity index is 405. The Kier molecular flexibility index (Phi) is 4.16. The smallest absolute Gasteiger partial charge is 0.193 e. The maximum atomic E-state index is 13.1. The van der Waals surface area contributed by atoms with E-state index in [-0.39, 0.29) is 11.6 Å². The molecular formula is C10H12F3N3. The van der Waals surface area contributed by atoms with Crippen LogP contribution in [0.2, 0.25) is 0 Å². The zero-order valence-corrected chi connectivity index (χ0v) is 8.73. The maximum Gasteiger partial charge on any atom is 0.193 e. The summed E-state index contributed by atoms with van der Waals surface area (Å²) in [5.74, 6) is -3.42. The SMILES string of the molecule is CCCN=C(N)Nc1cc(F)cc(F)c1F. The summed E-state index contributed by atoms with van der Waals surface area (Å²) in [6.45, 7) is 2.34. The van der Waals surface area contributed by atoms with Crippen molar-refractivity contribution in [3.8, 4) is 0 Å². The van der Waals surface area contributed by atoms with Crippen molar-refractivity contribution in [3.63, 3.8) is 0 Å². The maximum absolute atomic E-state index is 13.1. The summed E-state index contributed by atoms with van der Waals surface area (Å²) >= 11 is 0. The van der Waals surface area contributed by atoms with Crippen molar-refractivity contribution in [2.24, 2.45) is 10.7 Å². The van der Waals surface area contributed by atoms with Crippen molar-refractivity contribution in [2.45, 2.75) is 13.3 Å². The van der Waals surface area contributed by atoms with Gasteiger partial charge in [-0.3, -0.25) is 4.99 Å². The molecule has 0 aliphatic rings. The first-order chi connectivity index (χ1) is 7.54. The Morgan fingerprint density at radius 3 is 2.69 bits per heavy atom. The molecule has 0 unspecified atom stereocenters. The van der Waals surface area contributed by atoms with E-state index >= 15 is 0 Å². The molecular weight excluding hydrogens is 219 g/mol. The summed E-state index contributed by atoms with van der Waals surface area (Å²) in [5, 5.41) is 2.30. The molecule has 0 amide bonds. The lowest BCUT2D eigenvalue weighted by Gasteiger charge is -2.07. The number of anilines is 1. The molecule has 0 aliphatic carbocycles. The standard InChI is InChI=1S/C10H12F3N3/c1-2-3-15-10(14)16-8-5-6(11)4-7(12)9(8)13/h4-5H,2-3H2,1H3,(H3,14,15,16). The van der Waals surface area contributed by atoms with E-state index in [2.05, 4.69) is 10.3 Å². The minimum absolute atomic E-state index is 0.0780. The van der Waals surface area contributed by atoms with Crippen LogP contribution in [0.5, 0.6) is 0 Å². The number of aliphatic imine (C=N–C) groups is 1. The Balaban J connectivity index is 2.88. The molecule has 3 nitrogen and oxygen atoms in total. The molecule has 0 bridgehead atoms. The number of halogens is 3. The number of nitrogens with two attached hydrogens (primary N) is 1. The molecule has 0 aliphatic heterocycles. The van der Waals surface area contributed by atoms with Gasteiger partial charge in [0.1, 0.15) is 5.82 Å². The summed E-state index contributed by atoms with van der Waals surface area (Å²) in [5.41, 5.74) is 5.02. The first kappa shape index (κ1) is 12.4. The molecule has 1 rings (SSSR count). The third-order valence-electron chi connectivity index (χ3n) is 1.76. The van der Waals surface area contributed by atoms with E-state index in [1.165, 1.54) is 0 Å². The van der Waals surface area contributed by atoms with Crippen LogP contribution in [0.4, 0.5) is 18.9 Å². The van der Waals surface area contributed by atoms with Gasteiger partial charge in [-0.05, 0) is 6.42 Å². The van der Waals surface area contributed by atoms with Crippen molar-refractivity contribution in [3.05, 3.63) is 29.6 Å². The summed E-state index contributed by atoms with van der Waals surface area (Å²) in [7, 11) is 0. The molecule has 1 aromatic rings. The van der Waals surface area contributed by atoms with Crippen LogP contribution in [-0.2, 0) is 0 Å². The largest absolute Gasteiger partial charge is 0.370 e. The van der Waals surface area contributed by atoms with E-state index < -0.39 is 17.5 Å². The quantitative estimate of drug-likeness (QED) is 0.476. The van der Waals surface area contributed by atoms with Gasteiger partial charge in [-0.15, -0.1) is 0 Å². The summed E-state index contributed by atoms with van der Waals surface area (Å²) in [4.78, 5) is 3.81. The highest BCUT2D eigenvalue weighted by atomic mass is 19.2. The molecule has 0 saturated carbocycles. The van der Waals surface area contributed by atoms with Crippen LogP contribution in [0.25, 0.3) is 0 Å². The Hall–Kier alpha value is -1.72. The zero-order valence-electron chi connectivity index (χ0n) is 8.73. The number of rotatable bonds is 3. The highest BCUT2D eigenvalue weighted by Crippen LogP contribution is 2.18. The van der Waals surface area contributed by atoms with Gasteiger partial charge in [0.2, 0.25) is 0 Å². The molecule has 1 aromatic carbocycles. The highest BCUT2D eigenvalue weighted by Gasteiger charge is 2.11. The topological polar surface area (TPSA) is 50.4 Å². The Labute approximate surface area is 91.2 Å². The van der Waals surface area contributed by atoms with Gasteiger partial charge in [-0.1, -0.05) is 6.92 Å². The number of hydrogen-bond acceptors (Lipinski definition) is 1. The van der Waals surface area contributed by atoms with Crippen LogP contribution >= 0.6 is 0 Å². The average molecular weight is 231 g/mol. The lowest BCUT2D eigenvalue weighted by Crippen LogP contribution is -2.23. The number of nitrogens with zero attached hydrogens (tertiary/aromatic N) is 1. The molecule has 6 heteroatoms. The third-order valence-corrected chi connectivity index (χ3v) is 1.76. The van der Waals surface area contributed by atoms with Crippen LogP contribution in [0, 0.1) is 17.5 Å². The van der Waals surface area contributed by atoms with Gasteiger partial charge < -0.3 is 11.1 Å².